The predicted octanol–water partition coefficient (Wildman–Crippen LogP) is 1.52. The molecule has 1 aliphatic rings. The third-order valence-corrected chi connectivity index (χ3v) is 3.07. The molecule has 0 aromatic carbocycles. The molecule has 6 heteroatoms. The van der Waals surface area contributed by atoms with Crippen LogP contribution in [0.15, 0.2) is 16.7 Å². The molecule has 0 spiro atoms. The predicted molar refractivity (Wildman–Crippen MR) is 64.5 cm³/mol. The van der Waals surface area contributed by atoms with Crippen molar-refractivity contribution in [3.63, 3.8) is 0 Å². The highest BCUT2D eigenvalue weighted by Crippen LogP contribution is 2.24. The van der Waals surface area contributed by atoms with E-state index in [9.17, 15) is 0 Å². The molecule has 1 aromatic heterocycles. The van der Waals surface area contributed by atoms with Crippen molar-refractivity contribution in [2.75, 3.05) is 19.8 Å². The van der Waals surface area contributed by atoms with E-state index in [-0.39, 0.29) is 18.8 Å². The van der Waals surface area contributed by atoms with Crippen LogP contribution in [-0.2, 0) is 4.74 Å². The van der Waals surface area contributed by atoms with Gasteiger partial charge in [0, 0.05) is 6.54 Å². The molecule has 1 saturated heterocycles. The molecule has 2 N–H and O–H groups in total. The number of nitrogens with zero attached hydrogens (tertiary/aromatic N) is 1. The number of aliphatic hydroxyl groups excluding tert-OH is 1. The fourth-order valence-corrected chi connectivity index (χ4v) is 2.40. The van der Waals surface area contributed by atoms with Gasteiger partial charge < -0.3 is 15.2 Å². The fourth-order valence-electron chi connectivity index (χ4n) is 1.62. The molecule has 0 bridgehead atoms. The molecule has 1 aromatic rings. The van der Waals surface area contributed by atoms with Crippen LogP contribution >= 0.6 is 27.5 Å². The lowest BCUT2D eigenvalue weighted by molar-refractivity contribution is -0.00958. The molecule has 88 valence electrons. The maximum Gasteiger partial charge on any atom is 0.130 e. The first-order valence-electron chi connectivity index (χ1n) is 4.98. The lowest BCUT2D eigenvalue weighted by Crippen LogP contribution is -2.44. The van der Waals surface area contributed by atoms with E-state index in [1.165, 1.54) is 0 Å². The largest absolute Gasteiger partial charge is 0.395 e. The zero-order valence-corrected chi connectivity index (χ0v) is 10.8. The van der Waals surface area contributed by atoms with Crippen LogP contribution in [0.5, 0.6) is 0 Å². The van der Waals surface area contributed by atoms with E-state index in [0.29, 0.717) is 22.9 Å². The van der Waals surface area contributed by atoms with Gasteiger partial charge in [0.05, 0.1) is 25.4 Å². The zero-order valence-electron chi connectivity index (χ0n) is 8.49. The van der Waals surface area contributed by atoms with Gasteiger partial charge in [0.1, 0.15) is 9.76 Å². The van der Waals surface area contributed by atoms with Crippen LogP contribution in [0.4, 0.5) is 0 Å². The average Bonchev–Trinajstić information content (AvgIpc) is 2.28. The van der Waals surface area contributed by atoms with Gasteiger partial charge in [0.15, 0.2) is 0 Å². The molecule has 0 aliphatic carbocycles. The van der Waals surface area contributed by atoms with Crippen LogP contribution in [0.3, 0.4) is 0 Å². The average molecular weight is 308 g/mol. The number of ether oxygens (including phenoxy) is 1. The highest BCUT2D eigenvalue weighted by molar-refractivity contribution is 9.10. The van der Waals surface area contributed by atoms with Crippen LogP contribution in [-0.4, -0.2) is 35.9 Å². The summed E-state index contributed by atoms with van der Waals surface area (Å²) in [5.41, 5.74) is 0.982. The summed E-state index contributed by atoms with van der Waals surface area (Å²) in [4.78, 5) is 4.03. The van der Waals surface area contributed by atoms with Crippen molar-refractivity contribution >= 4 is 27.5 Å². The highest BCUT2D eigenvalue weighted by atomic mass is 79.9. The third kappa shape index (κ3) is 2.93. The minimum Gasteiger partial charge on any atom is -0.395 e. The molecule has 2 heterocycles. The number of hydrogen-bond acceptors (Lipinski definition) is 4. The number of morpholine rings is 1. The van der Waals surface area contributed by atoms with Gasteiger partial charge in [-0.25, -0.2) is 4.98 Å². The van der Waals surface area contributed by atoms with Crippen LogP contribution in [0.1, 0.15) is 11.7 Å². The van der Waals surface area contributed by atoms with Crippen LogP contribution in [0, 0.1) is 0 Å². The number of pyridine rings is 1. The highest BCUT2D eigenvalue weighted by Gasteiger charge is 2.22. The summed E-state index contributed by atoms with van der Waals surface area (Å²) >= 11 is 9.16. The van der Waals surface area contributed by atoms with Gasteiger partial charge in [-0.2, -0.15) is 0 Å². The van der Waals surface area contributed by atoms with Gasteiger partial charge in [-0.1, -0.05) is 11.6 Å². The van der Waals surface area contributed by atoms with Gasteiger partial charge in [-0.15, -0.1) is 0 Å². The van der Waals surface area contributed by atoms with Gasteiger partial charge in [-0.05, 0) is 33.6 Å². The summed E-state index contributed by atoms with van der Waals surface area (Å²) in [5, 5.41) is 12.6. The lowest BCUT2D eigenvalue weighted by atomic mass is 10.1. The van der Waals surface area contributed by atoms with Crippen molar-refractivity contribution in [2.24, 2.45) is 0 Å². The first kappa shape index (κ1) is 12.3. The first-order chi connectivity index (χ1) is 7.69. The van der Waals surface area contributed by atoms with E-state index >= 15 is 0 Å². The minimum absolute atomic E-state index is 0.0250. The summed E-state index contributed by atoms with van der Waals surface area (Å²) in [5.74, 6) is 0. The molecule has 1 aliphatic heterocycles. The van der Waals surface area contributed by atoms with E-state index in [4.69, 9.17) is 21.4 Å². The van der Waals surface area contributed by atoms with Gasteiger partial charge in [-0.3, -0.25) is 0 Å². The number of halogens is 2. The molecule has 1 fully saturated rings. The second-order valence-electron chi connectivity index (χ2n) is 3.66. The van der Waals surface area contributed by atoms with Crippen LogP contribution < -0.4 is 5.32 Å². The Morgan fingerprint density at radius 1 is 1.62 bits per heavy atom. The molecule has 2 rings (SSSR count). The number of nitrogens with one attached hydrogen (secondary N) is 1. The fraction of sp³-hybridized carbons (Fsp3) is 0.500. The molecular formula is C10H12BrClN2O2. The minimum atomic E-state index is -0.0420. The molecular weight excluding hydrogens is 295 g/mol. The summed E-state index contributed by atoms with van der Waals surface area (Å²) in [7, 11) is 0. The smallest absolute Gasteiger partial charge is 0.130 e. The number of hydrogen-bond donors (Lipinski definition) is 2. The molecule has 0 amide bonds. The van der Waals surface area contributed by atoms with E-state index in [0.717, 1.165) is 5.56 Å². The Morgan fingerprint density at radius 3 is 3.00 bits per heavy atom. The van der Waals surface area contributed by atoms with Crippen molar-refractivity contribution in [3.8, 4) is 0 Å². The van der Waals surface area contributed by atoms with Crippen molar-refractivity contribution in [1.82, 2.24) is 10.3 Å². The lowest BCUT2D eigenvalue weighted by Gasteiger charge is -2.29. The molecule has 0 saturated carbocycles. The van der Waals surface area contributed by atoms with Crippen molar-refractivity contribution < 1.29 is 9.84 Å². The second kappa shape index (κ2) is 5.42. The van der Waals surface area contributed by atoms with E-state index < -0.39 is 0 Å². The van der Waals surface area contributed by atoms with E-state index in [2.05, 4.69) is 26.2 Å². The van der Waals surface area contributed by atoms with Gasteiger partial charge in [0.25, 0.3) is 0 Å². The van der Waals surface area contributed by atoms with Crippen LogP contribution in [0.2, 0.25) is 5.15 Å². The summed E-state index contributed by atoms with van der Waals surface area (Å²) in [6.45, 7) is 1.25. The summed E-state index contributed by atoms with van der Waals surface area (Å²) < 4.78 is 6.34. The Balaban J connectivity index is 2.08. The topological polar surface area (TPSA) is 54.4 Å². The molecule has 2 atom stereocenters. The monoisotopic (exact) mass is 306 g/mol. The Morgan fingerprint density at radius 2 is 2.44 bits per heavy atom. The Hall–Kier alpha value is -0.200. The standard InChI is InChI=1S/C10H12BrClN2O2/c11-9-1-6(2-10(12)14-9)8-3-13-7(4-15)5-16-8/h1-2,7-8,13,15H,3-5H2/t7-,8-/m0/s1. The number of aliphatic hydroxyl groups is 1. The SMILES string of the molecule is OC[C@H]1CO[C@H](c2cc(Cl)nc(Br)c2)CN1. The van der Waals surface area contributed by atoms with Crippen molar-refractivity contribution in [1.29, 1.82) is 0 Å². The quantitative estimate of drug-likeness (QED) is 0.814. The normalized spacial score (nSPS) is 25.7. The maximum absolute atomic E-state index is 8.95. The molecule has 4 nitrogen and oxygen atoms in total. The number of aromatic nitrogens is 1. The van der Waals surface area contributed by atoms with Crippen molar-refractivity contribution in [2.45, 2.75) is 12.1 Å². The van der Waals surface area contributed by atoms with Crippen LogP contribution in [0.25, 0.3) is 0 Å². The van der Waals surface area contributed by atoms with Crippen molar-refractivity contribution in [3.05, 3.63) is 27.5 Å². The molecule has 0 radical (unpaired) electrons. The molecule has 0 unspecified atom stereocenters. The number of rotatable bonds is 2. The zero-order chi connectivity index (χ0) is 11.5. The summed E-state index contributed by atoms with van der Waals surface area (Å²) in [6, 6.07) is 3.70. The van der Waals surface area contributed by atoms with Gasteiger partial charge in [0.2, 0.25) is 0 Å². The summed E-state index contributed by atoms with van der Waals surface area (Å²) in [6.07, 6.45) is -0.0420. The Kier molecular flexibility index (Phi) is 4.16. The third-order valence-electron chi connectivity index (χ3n) is 2.47. The van der Waals surface area contributed by atoms with E-state index in [1.54, 1.807) is 6.07 Å². The molecule has 16 heavy (non-hydrogen) atoms. The maximum atomic E-state index is 8.95. The van der Waals surface area contributed by atoms with Gasteiger partial charge >= 0.3 is 0 Å². The Labute approximate surface area is 107 Å². The van der Waals surface area contributed by atoms with E-state index in [1.807, 2.05) is 6.07 Å². The first-order valence-corrected chi connectivity index (χ1v) is 6.15. The second-order valence-corrected chi connectivity index (χ2v) is 4.86. The Bertz CT molecular complexity index is 350.